The summed E-state index contributed by atoms with van der Waals surface area (Å²) in [6, 6.07) is 3.05. The van der Waals surface area contributed by atoms with Crippen LogP contribution in [0.1, 0.15) is 0 Å². The molecule has 1 aliphatic rings. The fraction of sp³-hybridized carbons (Fsp3) is 0.350. The van der Waals surface area contributed by atoms with Gasteiger partial charge in [-0.15, -0.1) is 0 Å². The van der Waals surface area contributed by atoms with Crippen LogP contribution in [0.5, 0.6) is 0 Å². The Morgan fingerprint density at radius 2 is 1.84 bits per heavy atom. The Kier molecular flexibility index (Phi) is 6.21. The third-order valence-electron chi connectivity index (χ3n) is 5.20. The van der Waals surface area contributed by atoms with Gasteiger partial charge in [0.15, 0.2) is 17.3 Å². The van der Waals surface area contributed by atoms with E-state index in [2.05, 4.69) is 30.6 Å². The van der Waals surface area contributed by atoms with Crippen LogP contribution in [0.2, 0.25) is 0 Å². The van der Waals surface area contributed by atoms with Crippen molar-refractivity contribution in [2.45, 2.75) is 0 Å². The number of rotatable bonds is 6. The molecule has 10 nitrogen and oxygen atoms in total. The maximum Gasteiger partial charge on any atom is 0.243 e. The summed E-state index contributed by atoms with van der Waals surface area (Å²) >= 11 is 0. The number of amides is 2. The van der Waals surface area contributed by atoms with Crippen LogP contribution in [-0.2, 0) is 16.6 Å². The Morgan fingerprint density at radius 3 is 2.59 bits per heavy atom. The Hall–Kier alpha value is -3.67. The molecule has 0 saturated carbocycles. The van der Waals surface area contributed by atoms with Gasteiger partial charge in [0, 0.05) is 45.0 Å². The van der Waals surface area contributed by atoms with E-state index < -0.39 is 17.5 Å². The summed E-state index contributed by atoms with van der Waals surface area (Å²) in [5.41, 5.74) is 0.880. The monoisotopic (exact) mass is 444 g/mol. The lowest BCUT2D eigenvalue weighted by atomic mass is 10.2. The smallest absolute Gasteiger partial charge is 0.243 e. The fourth-order valence-corrected chi connectivity index (χ4v) is 3.54. The molecule has 0 radical (unpaired) electrons. The van der Waals surface area contributed by atoms with Crippen LogP contribution in [0, 0.1) is 11.6 Å². The zero-order valence-electron chi connectivity index (χ0n) is 17.4. The van der Waals surface area contributed by atoms with Gasteiger partial charge in [-0.05, 0) is 12.1 Å². The quantitative estimate of drug-likeness (QED) is 0.571. The van der Waals surface area contributed by atoms with Gasteiger partial charge in [-0.3, -0.25) is 19.2 Å². The first-order valence-corrected chi connectivity index (χ1v) is 10.0. The molecule has 1 saturated heterocycles. The first-order chi connectivity index (χ1) is 15.4. The molecule has 0 bridgehead atoms. The van der Waals surface area contributed by atoms with Gasteiger partial charge >= 0.3 is 0 Å². The molecular weight excluding hydrogens is 422 g/mol. The van der Waals surface area contributed by atoms with Crippen LogP contribution in [0.4, 0.5) is 20.3 Å². The highest BCUT2D eigenvalue weighted by atomic mass is 19.2. The Labute approximate surface area is 182 Å². The van der Waals surface area contributed by atoms with Crippen LogP contribution >= 0.6 is 0 Å². The molecule has 0 spiro atoms. The number of piperazine rings is 1. The number of carbonyl (C=O) groups is 2. The molecule has 0 atom stereocenters. The first-order valence-electron chi connectivity index (χ1n) is 10.0. The summed E-state index contributed by atoms with van der Waals surface area (Å²) in [6.07, 6.45) is 3.26. The predicted octanol–water partition coefficient (Wildman–Crippen LogP) is 0.518. The van der Waals surface area contributed by atoms with Gasteiger partial charge in [0.05, 0.1) is 24.7 Å². The molecule has 2 N–H and O–H groups in total. The van der Waals surface area contributed by atoms with E-state index in [1.807, 2.05) is 11.9 Å². The average molecular weight is 444 g/mol. The number of anilines is 2. The number of aromatic nitrogens is 4. The normalized spacial score (nSPS) is 14.5. The van der Waals surface area contributed by atoms with E-state index in [1.54, 1.807) is 10.9 Å². The van der Waals surface area contributed by atoms with Crippen molar-refractivity contribution in [2.24, 2.45) is 7.05 Å². The fourth-order valence-electron chi connectivity index (χ4n) is 3.54. The zero-order chi connectivity index (χ0) is 22.7. The van der Waals surface area contributed by atoms with E-state index >= 15 is 0 Å². The topological polar surface area (TPSA) is 108 Å². The first kappa shape index (κ1) is 21.6. The molecule has 1 aromatic carbocycles. The summed E-state index contributed by atoms with van der Waals surface area (Å²) in [4.78, 5) is 36.9. The molecule has 32 heavy (non-hydrogen) atoms. The van der Waals surface area contributed by atoms with Crippen molar-refractivity contribution in [2.75, 3.05) is 49.5 Å². The van der Waals surface area contributed by atoms with Crippen molar-refractivity contribution in [1.29, 1.82) is 0 Å². The standard InChI is InChI=1S/C20H22F2N8O2/c1-28-19-14(9-26-28)20(25-12-24-19)30-6-4-29(5-7-30)11-18(32)23-10-17(31)27-13-2-3-15(21)16(22)8-13/h2-3,8-9,12H,4-7,10-11H2,1H3,(H,23,32)(H,27,31). The lowest BCUT2D eigenvalue weighted by Crippen LogP contribution is -2.50. The number of halogens is 2. The van der Waals surface area contributed by atoms with E-state index in [0.29, 0.717) is 26.2 Å². The maximum absolute atomic E-state index is 13.2. The lowest BCUT2D eigenvalue weighted by Gasteiger charge is -2.35. The highest BCUT2D eigenvalue weighted by Gasteiger charge is 2.22. The van der Waals surface area contributed by atoms with Gasteiger partial charge in [-0.1, -0.05) is 0 Å². The van der Waals surface area contributed by atoms with Crippen LogP contribution in [0.25, 0.3) is 11.0 Å². The summed E-state index contributed by atoms with van der Waals surface area (Å²) in [5, 5.41) is 10.1. The summed E-state index contributed by atoms with van der Waals surface area (Å²) < 4.78 is 27.8. The highest BCUT2D eigenvalue weighted by molar-refractivity contribution is 5.94. The Morgan fingerprint density at radius 1 is 1.06 bits per heavy atom. The van der Waals surface area contributed by atoms with Gasteiger partial charge in [-0.2, -0.15) is 5.10 Å². The van der Waals surface area contributed by atoms with Gasteiger partial charge in [0.25, 0.3) is 0 Å². The van der Waals surface area contributed by atoms with Crippen LogP contribution in [0.3, 0.4) is 0 Å². The average Bonchev–Trinajstić information content (AvgIpc) is 3.16. The van der Waals surface area contributed by atoms with Crippen LogP contribution < -0.4 is 15.5 Å². The van der Waals surface area contributed by atoms with Crippen molar-refractivity contribution in [1.82, 2.24) is 30.0 Å². The number of hydrogen-bond donors (Lipinski definition) is 2. The molecule has 4 rings (SSSR count). The Balaban J connectivity index is 1.23. The van der Waals surface area contributed by atoms with Crippen LogP contribution in [-0.4, -0.2) is 75.7 Å². The van der Waals surface area contributed by atoms with Gasteiger partial charge in [0.2, 0.25) is 11.8 Å². The molecule has 168 valence electrons. The molecular formula is C20H22F2N8O2. The number of nitrogens with one attached hydrogen (secondary N) is 2. The van der Waals surface area contributed by atoms with Crippen molar-refractivity contribution >= 4 is 34.4 Å². The molecule has 12 heteroatoms. The van der Waals surface area contributed by atoms with Crippen molar-refractivity contribution in [3.05, 3.63) is 42.4 Å². The van der Waals surface area contributed by atoms with Gasteiger partial charge in [-0.25, -0.2) is 18.7 Å². The number of fused-ring (bicyclic) bond motifs is 1. The highest BCUT2D eigenvalue weighted by Crippen LogP contribution is 2.23. The Bertz CT molecular complexity index is 1140. The van der Waals surface area contributed by atoms with E-state index in [4.69, 9.17) is 0 Å². The summed E-state index contributed by atoms with van der Waals surface area (Å²) in [6.45, 7) is 2.56. The van der Waals surface area contributed by atoms with Gasteiger partial charge in [0.1, 0.15) is 12.1 Å². The molecule has 1 aliphatic heterocycles. The predicted molar refractivity (Wildman–Crippen MR) is 113 cm³/mol. The van der Waals surface area contributed by atoms with Crippen molar-refractivity contribution in [3.8, 4) is 0 Å². The largest absolute Gasteiger partial charge is 0.353 e. The van der Waals surface area contributed by atoms with E-state index in [-0.39, 0.29) is 24.7 Å². The minimum Gasteiger partial charge on any atom is -0.353 e. The molecule has 3 aromatic rings. The number of hydrogen-bond acceptors (Lipinski definition) is 7. The number of benzene rings is 1. The summed E-state index contributed by atoms with van der Waals surface area (Å²) in [7, 11) is 1.83. The molecule has 0 unspecified atom stereocenters. The molecule has 3 heterocycles. The number of aryl methyl sites for hydroxylation is 1. The molecule has 1 fully saturated rings. The third kappa shape index (κ3) is 4.80. The minimum atomic E-state index is -1.06. The third-order valence-corrected chi connectivity index (χ3v) is 5.20. The second-order valence-corrected chi connectivity index (χ2v) is 7.42. The zero-order valence-corrected chi connectivity index (χ0v) is 17.4. The van der Waals surface area contributed by atoms with Crippen LogP contribution in [0.15, 0.2) is 30.7 Å². The minimum absolute atomic E-state index is 0.117. The van der Waals surface area contributed by atoms with Gasteiger partial charge < -0.3 is 15.5 Å². The van der Waals surface area contributed by atoms with Crippen molar-refractivity contribution < 1.29 is 18.4 Å². The van der Waals surface area contributed by atoms with E-state index in [0.717, 1.165) is 29.0 Å². The second-order valence-electron chi connectivity index (χ2n) is 7.42. The number of carbonyl (C=O) groups excluding carboxylic acids is 2. The molecule has 2 aromatic heterocycles. The molecule has 2 amide bonds. The molecule has 0 aliphatic carbocycles. The van der Waals surface area contributed by atoms with Crippen molar-refractivity contribution in [3.63, 3.8) is 0 Å². The SMILES string of the molecule is Cn1ncc2c(N3CCN(CC(=O)NCC(=O)Nc4ccc(F)c(F)c4)CC3)ncnc21. The maximum atomic E-state index is 13.2. The lowest BCUT2D eigenvalue weighted by molar-refractivity contribution is -0.125. The van der Waals surface area contributed by atoms with E-state index in [1.165, 1.54) is 12.4 Å². The summed E-state index contributed by atoms with van der Waals surface area (Å²) in [5.74, 6) is -2.06. The van der Waals surface area contributed by atoms with E-state index in [9.17, 15) is 18.4 Å². The second kappa shape index (κ2) is 9.22. The number of nitrogens with zero attached hydrogens (tertiary/aromatic N) is 6.